The van der Waals surface area contributed by atoms with Gasteiger partial charge in [-0.25, -0.2) is 8.42 Å². The summed E-state index contributed by atoms with van der Waals surface area (Å²) >= 11 is 6.33. The molecule has 1 N–H and O–H groups in total. The first-order valence-corrected chi connectivity index (χ1v) is 13.3. The van der Waals surface area contributed by atoms with Crippen molar-refractivity contribution in [2.45, 2.75) is 32.9 Å². The Morgan fingerprint density at radius 2 is 1.77 bits per heavy atom. The van der Waals surface area contributed by atoms with Crippen LogP contribution in [0.25, 0.3) is 0 Å². The minimum Gasteiger partial charge on any atom is -0.497 e. The number of carbonyl (C=O) groups is 2. The van der Waals surface area contributed by atoms with E-state index in [4.69, 9.17) is 21.1 Å². The molecule has 11 heteroatoms. The summed E-state index contributed by atoms with van der Waals surface area (Å²) in [6.45, 7) is 3.43. The molecule has 2 aromatic carbocycles. The summed E-state index contributed by atoms with van der Waals surface area (Å²) in [5, 5.41) is 3.18. The Bertz CT molecular complexity index is 1140. The lowest BCUT2D eigenvalue weighted by Crippen LogP contribution is -2.52. The fourth-order valence-corrected chi connectivity index (χ4v) is 4.65. The Kier molecular flexibility index (Phi) is 10.2. The van der Waals surface area contributed by atoms with Crippen LogP contribution in [-0.2, 0) is 26.2 Å². The maximum absolute atomic E-state index is 13.7. The predicted octanol–water partition coefficient (Wildman–Crippen LogP) is 3.07. The first-order valence-electron chi connectivity index (χ1n) is 11.1. The summed E-state index contributed by atoms with van der Waals surface area (Å²) < 4.78 is 37.1. The van der Waals surface area contributed by atoms with Gasteiger partial charge in [0.25, 0.3) is 0 Å². The SMILES string of the molecule is CCNC(=O)C(CC)N(Cc1ccccc1Cl)C(=O)CN(c1cc(OC)ccc1OC)S(C)(=O)=O. The molecule has 0 aliphatic carbocycles. The third-order valence-corrected chi connectivity index (χ3v) is 6.86. The normalized spacial score (nSPS) is 11.9. The van der Waals surface area contributed by atoms with Gasteiger partial charge in [-0.2, -0.15) is 0 Å². The lowest BCUT2D eigenvalue weighted by atomic mass is 10.1. The van der Waals surface area contributed by atoms with Crippen LogP contribution in [0.5, 0.6) is 11.5 Å². The number of anilines is 1. The monoisotopic (exact) mass is 525 g/mol. The number of hydrogen-bond acceptors (Lipinski definition) is 6. The van der Waals surface area contributed by atoms with Crippen LogP contribution in [0.1, 0.15) is 25.8 Å². The number of methoxy groups -OCH3 is 2. The third kappa shape index (κ3) is 7.25. The number of sulfonamides is 1. The maximum atomic E-state index is 13.7. The summed E-state index contributed by atoms with van der Waals surface area (Å²) in [5.74, 6) is -0.264. The summed E-state index contributed by atoms with van der Waals surface area (Å²) in [6, 6.07) is 10.8. The number of likely N-dealkylation sites (N-methyl/N-ethyl adjacent to an activating group) is 1. The Labute approximate surface area is 212 Å². The lowest BCUT2D eigenvalue weighted by molar-refractivity contribution is -0.140. The highest BCUT2D eigenvalue weighted by Gasteiger charge is 2.32. The number of halogens is 1. The largest absolute Gasteiger partial charge is 0.497 e. The van der Waals surface area contributed by atoms with Crippen molar-refractivity contribution >= 4 is 39.1 Å². The molecule has 192 valence electrons. The van der Waals surface area contributed by atoms with Crippen LogP contribution in [0, 0.1) is 0 Å². The highest BCUT2D eigenvalue weighted by molar-refractivity contribution is 7.92. The van der Waals surface area contributed by atoms with E-state index < -0.39 is 28.5 Å². The van der Waals surface area contributed by atoms with Crippen molar-refractivity contribution in [3.8, 4) is 11.5 Å². The topological polar surface area (TPSA) is 105 Å². The quantitative estimate of drug-likeness (QED) is 0.456. The summed E-state index contributed by atoms with van der Waals surface area (Å²) in [6.07, 6.45) is 1.32. The molecule has 0 aliphatic heterocycles. The second-order valence-electron chi connectivity index (χ2n) is 7.74. The van der Waals surface area contributed by atoms with Gasteiger partial charge in [0.1, 0.15) is 24.1 Å². The molecule has 0 aliphatic rings. The number of carbonyl (C=O) groups excluding carboxylic acids is 2. The van der Waals surface area contributed by atoms with E-state index in [1.165, 1.54) is 25.2 Å². The fraction of sp³-hybridized carbons (Fsp3) is 0.417. The smallest absolute Gasteiger partial charge is 0.244 e. The van der Waals surface area contributed by atoms with E-state index in [0.717, 1.165) is 10.6 Å². The number of amides is 2. The van der Waals surface area contributed by atoms with Gasteiger partial charge in [0.2, 0.25) is 21.8 Å². The minimum absolute atomic E-state index is 0.0288. The van der Waals surface area contributed by atoms with Crippen LogP contribution in [-0.4, -0.2) is 64.7 Å². The van der Waals surface area contributed by atoms with Crippen LogP contribution in [0.4, 0.5) is 5.69 Å². The minimum atomic E-state index is -3.92. The van der Waals surface area contributed by atoms with Crippen molar-refractivity contribution < 1.29 is 27.5 Å². The van der Waals surface area contributed by atoms with E-state index in [-0.39, 0.29) is 23.9 Å². The standard InChI is InChI=1S/C24H32ClN3O6S/c1-6-20(24(30)26-7-2)27(15-17-10-8-9-11-19(17)25)23(29)16-28(35(5,31)32)21-14-18(33-3)12-13-22(21)34-4/h8-14,20H,6-7,15-16H2,1-5H3,(H,26,30). The number of ether oxygens (including phenoxy) is 2. The highest BCUT2D eigenvalue weighted by Crippen LogP contribution is 2.34. The van der Waals surface area contributed by atoms with Gasteiger partial charge in [-0.1, -0.05) is 36.7 Å². The Hall–Kier alpha value is -2.98. The molecule has 0 heterocycles. The molecule has 0 bridgehead atoms. The number of nitrogens with one attached hydrogen (secondary N) is 1. The third-order valence-electron chi connectivity index (χ3n) is 5.37. The molecule has 2 aromatic rings. The van der Waals surface area contributed by atoms with E-state index in [1.807, 2.05) is 0 Å². The molecule has 0 radical (unpaired) electrons. The average molecular weight is 526 g/mol. The molecular formula is C24H32ClN3O6S. The fourth-order valence-electron chi connectivity index (χ4n) is 3.61. The zero-order valence-corrected chi connectivity index (χ0v) is 22.1. The summed E-state index contributed by atoms with van der Waals surface area (Å²) in [7, 11) is -1.07. The van der Waals surface area contributed by atoms with Crippen LogP contribution >= 0.6 is 11.6 Å². The van der Waals surface area contributed by atoms with Gasteiger partial charge in [-0.05, 0) is 37.1 Å². The van der Waals surface area contributed by atoms with E-state index in [0.29, 0.717) is 29.3 Å². The van der Waals surface area contributed by atoms with E-state index in [9.17, 15) is 18.0 Å². The van der Waals surface area contributed by atoms with Gasteiger partial charge < -0.3 is 19.7 Å². The molecule has 2 rings (SSSR count). The number of hydrogen-bond donors (Lipinski definition) is 1. The van der Waals surface area contributed by atoms with Crippen molar-refractivity contribution in [2.24, 2.45) is 0 Å². The second-order valence-corrected chi connectivity index (χ2v) is 10.1. The van der Waals surface area contributed by atoms with Gasteiger partial charge in [0.05, 0.1) is 26.2 Å². The maximum Gasteiger partial charge on any atom is 0.244 e. The van der Waals surface area contributed by atoms with E-state index in [2.05, 4.69) is 5.32 Å². The molecule has 1 atom stereocenters. The number of nitrogens with zero attached hydrogens (tertiary/aromatic N) is 2. The van der Waals surface area contributed by atoms with Crippen molar-refractivity contribution in [3.05, 3.63) is 53.1 Å². The summed E-state index contributed by atoms with van der Waals surface area (Å²) in [5.41, 5.74) is 0.779. The van der Waals surface area contributed by atoms with Crippen LogP contribution in [0.2, 0.25) is 5.02 Å². The molecule has 0 fully saturated rings. The molecule has 35 heavy (non-hydrogen) atoms. The van der Waals surface area contributed by atoms with E-state index >= 15 is 0 Å². The van der Waals surface area contributed by atoms with Crippen molar-refractivity contribution in [1.29, 1.82) is 0 Å². The zero-order chi connectivity index (χ0) is 26.2. The van der Waals surface area contributed by atoms with Crippen LogP contribution < -0.4 is 19.1 Å². The Morgan fingerprint density at radius 3 is 2.31 bits per heavy atom. The average Bonchev–Trinajstić information content (AvgIpc) is 2.82. The summed E-state index contributed by atoms with van der Waals surface area (Å²) in [4.78, 5) is 27.9. The van der Waals surface area contributed by atoms with Gasteiger partial charge in [0.15, 0.2) is 0 Å². The molecule has 0 saturated heterocycles. The van der Waals surface area contributed by atoms with Crippen LogP contribution in [0.15, 0.2) is 42.5 Å². The predicted molar refractivity (Wildman–Crippen MR) is 137 cm³/mol. The molecule has 0 spiro atoms. The second kappa shape index (κ2) is 12.6. The first kappa shape index (κ1) is 28.3. The van der Waals surface area contributed by atoms with Gasteiger partial charge >= 0.3 is 0 Å². The zero-order valence-electron chi connectivity index (χ0n) is 20.6. The van der Waals surface area contributed by atoms with Crippen molar-refractivity contribution in [3.63, 3.8) is 0 Å². The van der Waals surface area contributed by atoms with Gasteiger partial charge in [-0.15, -0.1) is 0 Å². The molecule has 0 aromatic heterocycles. The number of rotatable bonds is 12. The molecule has 2 amide bonds. The Morgan fingerprint density at radius 1 is 1.09 bits per heavy atom. The van der Waals surface area contributed by atoms with E-state index in [1.54, 1.807) is 50.2 Å². The molecule has 9 nitrogen and oxygen atoms in total. The van der Waals surface area contributed by atoms with Crippen molar-refractivity contribution in [2.75, 3.05) is 37.9 Å². The van der Waals surface area contributed by atoms with Gasteiger partial charge in [0, 0.05) is 24.2 Å². The number of benzene rings is 2. The van der Waals surface area contributed by atoms with Crippen molar-refractivity contribution in [1.82, 2.24) is 10.2 Å². The van der Waals surface area contributed by atoms with Crippen LogP contribution in [0.3, 0.4) is 0 Å². The molecule has 1 unspecified atom stereocenters. The Balaban J connectivity index is 2.54. The molecular weight excluding hydrogens is 494 g/mol. The van der Waals surface area contributed by atoms with Gasteiger partial charge in [-0.3, -0.25) is 13.9 Å². The lowest BCUT2D eigenvalue weighted by Gasteiger charge is -2.33. The highest BCUT2D eigenvalue weighted by atomic mass is 35.5. The molecule has 0 saturated carbocycles. The first-order chi connectivity index (χ1) is 16.6.